The molecule has 2 heterocycles. The van der Waals surface area contributed by atoms with Gasteiger partial charge in [-0.05, 0) is 41.2 Å². The number of aromatic nitrogens is 1. The topological polar surface area (TPSA) is 48.0 Å². The molecule has 1 aromatic heterocycles. The standard InChI is InChI=1S/C28H26N2OS/c1-30-23-13-7-6-12-21(23)25-27(31)22(16-32-28(25)30)26(29)24-19-10-4-2-8-17(19)14-15-18-9-3-5-11-20(18)24/h2-13,22,24,26H,14-16,29H2,1H3. The lowest BCUT2D eigenvalue weighted by molar-refractivity contribution is 0.0907. The van der Waals surface area contributed by atoms with E-state index in [-0.39, 0.29) is 23.7 Å². The largest absolute Gasteiger partial charge is 0.338 e. The summed E-state index contributed by atoms with van der Waals surface area (Å²) >= 11 is 1.78. The fraction of sp³-hybridized carbons (Fsp3) is 0.250. The smallest absolute Gasteiger partial charge is 0.171 e. The highest BCUT2D eigenvalue weighted by molar-refractivity contribution is 7.99. The number of aryl methyl sites for hydroxylation is 3. The molecule has 4 aromatic rings. The summed E-state index contributed by atoms with van der Waals surface area (Å²) in [6.45, 7) is 0. The van der Waals surface area contributed by atoms with Crippen LogP contribution in [0.4, 0.5) is 0 Å². The van der Waals surface area contributed by atoms with Gasteiger partial charge in [-0.25, -0.2) is 0 Å². The number of hydrogen-bond acceptors (Lipinski definition) is 3. The Kier molecular flexibility index (Phi) is 4.74. The Balaban J connectivity index is 1.47. The van der Waals surface area contributed by atoms with Gasteiger partial charge in [0.15, 0.2) is 5.78 Å². The molecule has 2 aliphatic rings. The number of carbonyl (C=O) groups is 1. The van der Waals surface area contributed by atoms with E-state index in [0.29, 0.717) is 0 Å². The number of para-hydroxylation sites is 1. The summed E-state index contributed by atoms with van der Waals surface area (Å²) in [6.07, 6.45) is 2.02. The van der Waals surface area contributed by atoms with E-state index in [1.165, 1.54) is 22.3 Å². The molecule has 1 aliphatic heterocycles. The van der Waals surface area contributed by atoms with E-state index in [1.807, 2.05) is 12.1 Å². The highest BCUT2D eigenvalue weighted by Gasteiger charge is 2.41. The predicted octanol–water partition coefficient (Wildman–Crippen LogP) is 5.34. The van der Waals surface area contributed by atoms with E-state index >= 15 is 0 Å². The molecule has 0 fully saturated rings. The van der Waals surface area contributed by atoms with Crippen LogP contribution in [0, 0.1) is 5.92 Å². The first-order chi connectivity index (χ1) is 15.6. The number of Topliss-reactive ketones (excluding diaryl/α,β-unsaturated/α-hetero) is 1. The minimum atomic E-state index is -0.275. The molecule has 0 amide bonds. The number of nitrogens with two attached hydrogens (primary N) is 1. The number of ketones is 1. The number of benzene rings is 3. The average Bonchev–Trinajstić information content (AvgIpc) is 3.01. The molecule has 160 valence electrons. The fourth-order valence-corrected chi connectivity index (χ4v) is 7.06. The number of fused-ring (bicyclic) bond motifs is 5. The van der Waals surface area contributed by atoms with Gasteiger partial charge in [-0.15, -0.1) is 11.8 Å². The third-order valence-corrected chi connectivity index (χ3v) is 8.61. The molecule has 2 unspecified atom stereocenters. The molecular formula is C28H26N2OS. The third kappa shape index (κ3) is 2.90. The van der Waals surface area contributed by atoms with Crippen LogP contribution in [0.5, 0.6) is 0 Å². The van der Waals surface area contributed by atoms with Crippen LogP contribution in [0.2, 0.25) is 0 Å². The zero-order valence-corrected chi connectivity index (χ0v) is 18.9. The van der Waals surface area contributed by atoms with Crippen molar-refractivity contribution in [3.63, 3.8) is 0 Å². The maximum Gasteiger partial charge on any atom is 0.171 e. The molecular weight excluding hydrogens is 412 g/mol. The van der Waals surface area contributed by atoms with E-state index in [9.17, 15) is 4.79 Å². The molecule has 32 heavy (non-hydrogen) atoms. The number of hydrogen-bond donors (Lipinski definition) is 1. The molecule has 4 heteroatoms. The lowest BCUT2D eigenvalue weighted by atomic mass is 9.76. The van der Waals surface area contributed by atoms with Gasteiger partial charge in [-0.2, -0.15) is 0 Å². The lowest BCUT2D eigenvalue weighted by Gasteiger charge is -2.34. The normalized spacial score (nSPS) is 19.2. The molecule has 0 saturated carbocycles. The van der Waals surface area contributed by atoms with E-state index in [1.54, 1.807) is 11.8 Å². The zero-order chi connectivity index (χ0) is 21.8. The fourth-order valence-electron chi connectivity index (χ4n) is 5.71. The van der Waals surface area contributed by atoms with Gasteiger partial charge in [0.05, 0.1) is 10.6 Å². The molecule has 0 bridgehead atoms. The van der Waals surface area contributed by atoms with Crippen LogP contribution in [0.1, 0.15) is 38.5 Å². The molecule has 6 rings (SSSR count). The maximum atomic E-state index is 13.9. The van der Waals surface area contributed by atoms with Crippen molar-refractivity contribution in [3.05, 3.63) is 101 Å². The third-order valence-electron chi connectivity index (χ3n) is 7.33. The van der Waals surface area contributed by atoms with Crippen molar-refractivity contribution >= 4 is 28.4 Å². The van der Waals surface area contributed by atoms with Crippen molar-refractivity contribution in [2.75, 3.05) is 5.75 Å². The van der Waals surface area contributed by atoms with Crippen LogP contribution < -0.4 is 5.73 Å². The summed E-state index contributed by atoms with van der Waals surface area (Å²) in [7, 11) is 2.06. The van der Waals surface area contributed by atoms with Gasteiger partial charge in [0.25, 0.3) is 0 Å². The lowest BCUT2D eigenvalue weighted by Crippen LogP contribution is -2.44. The summed E-state index contributed by atoms with van der Waals surface area (Å²) in [6, 6.07) is 25.2. The second-order valence-electron chi connectivity index (χ2n) is 8.99. The number of carbonyl (C=O) groups excluding carboxylic acids is 1. The number of rotatable bonds is 2. The zero-order valence-electron chi connectivity index (χ0n) is 18.1. The predicted molar refractivity (Wildman–Crippen MR) is 132 cm³/mol. The van der Waals surface area contributed by atoms with E-state index in [0.717, 1.165) is 40.1 Å². The Hall–Kier alpha value is -2.82. The van der Waals surface area contributed by atoms with Gasteiger partial charge in [0.2, 0.25) is 0 Å². The van der Waals surface area contributed by atoms with Crippen molar-refractivity contribution in [3.8, 4) is 0 Å². The van der Waals surface area contributed by atoms with Crippen LogP contribution in [-0.2, 0) is 19.9 Å². The van der Waals surface area contributed by atoms with Crippen LogP contribution in [-0.4, -0.2) is 22.1 Å². The molecule has 3 nitrogen and oxygen atoms in total. The van der Waals surface area contributed by atoms with Crippen LogP contribution in [0.15, 0.2) is 77.8 Å². The Morgan fingerprint density at radius 3 is 2.19 bits per heavy atom. The number of nitrogens with zero attached hydrogens (tertiary/aromatic N) is 1. The van der Waals surface area contributed by atoms with Crippen LogP contribution in [0.3, 0.4) is 0 Å². The molecule has 3 aromatic carbocycles. The quantitative estimate of drug-likeness (QED) is 0.459. The Labute approximate surface area is 192 Å². The summed E-state index contributed by atoms with van der Waals surface area (Å²) in [5.74, 6) is 0.721. The van der Waals surface area contributed by atoms with Gasteiger partial charge >= 0.3 is 0 Å². The second-order valence-corrected chi connectivity index (χ2v) is 10.00. The highest BCUT2D eigenvalue weighted by atomic mass is 32.2. The summed E-state index contributed by atoms with van der Waals surface area (Å²) < 4.78 is 2.16. The first-order valence-corrected chi connectivity index (χ1v) is 12.3. The average molecular weight is 439 g/mol. The summed E-state index contributed by atoms with van der Waals surface area (Å²) in [5, 5.41) is 2.11. The molecule has 0 spiro atoms. The monoisotopic (exact) mass is 438 g/mol. The number of thioether (sulfide) groups is 1. The second kappa shape index (κ2) is 7.65. The Morgan fingerprint density at radius 2 is 1.50 bits per heavy atom. The highest BCUT2D eigenvalue weighted by Crippen LogP contribution is 2.44. The van der Waals surface area contributed by atoms with Gasteiger partial charge in [-0.3, -0.25) is 4.79 Å². The van der Waals surface area contributed by atoms with Gasteiger partial charge < -0.3 is 10.3 Å². The van der Waals surface area contributed by atoms with E-state index in [2.05, 4.69) is 72.3 Å². The van der Waals surface area contributed by atoms with Gasteiger partial charge in [0.1, 0.15) is 0 Å². The SMILES string of the molecule is Cn1c2c(c3ccccc31)C(=O)C(C(N)C1c3ccccc3CCc3ccccc31)CS2. The maximum absolute atomic E-state index is 13.9. The molecule has 2 N–H and O–H groups in total. The van der Waals surface area contributed by atoms with E-state index in [4.69, 9.17) is 5.73 Å². The van der Waals surface area contributed by atoms with Crippen molar-refractivity contribution in [2.24, 2.45) is 18.7 Å². The summed E-state index contributed by atoms with van der Waals surface area (Å²) in [5.41, 5.74) is 14.3. The first kappa shape index (κ1) is 19.8. The molecule has 0 saturated heterocycles. The molecule has 1 aliphatic carbocycles. The van der Waals surface area contributed by atoms with Crippen molar-refractivity contribution < 1.29 is 4.79 Å². The van der Waals surface area contributed by atoms with E-state index < -0.39 is 0 Å². The molecule has 2 atom stereocenters. The summed E-state index contributed by atoms with van der Waals surface area (Å²) in [4.78, 5) is 13.9. The van der Waals surface area contributed by atoms with Crippen molar-refractivity contribution in [1.82, 2.24) is 4.57 Å². The molecule has 0 radical (unpaired) electrons. The van der Waals surface area contributed by atoms with Gasteiger partial charge in [-0.1, -0.05) is 66.7 Å². The van der Waals surface area contributed by atoms with Crippen molar-refractivity contribution in [2.45, 2.75) is 29.8 Å². The Bertz CT molecular complexity index is 1310. The van der Waals surface area contributed by atoms with Crippen molar-refractivity contribution in [1.29, 1.82) is 0 Å². The Morgan fingerprint density at radius 1 is 0.906 bits per heavy atom. The minimum Gasteiger partial charge on any atom is -0.338 e. The van der Waals surface area contributed by atoms with Crippen LogP contribution in [0.25, 0.3) is 10.9 Å². The minimum absolute atomic E-state index is 0.0241. The van der Waals surface area contributed by atoms with Gasteiger partial charge in [0, 0.05) is 41.6 Å². The first-order valence-electron chi connectivity index (χ1n) is 11.3. The van der Waals surface area contributed by atoms with Crippen LogP contribution >= 0.6 is 11.8 Å².